The van der Waals surface area contributed by atoms with Crippen LogP contribution in [-0.2, 0) is 26.6 Å². The number of amides is 1. The molecule has 1 aliphatic rings. The Morgan fingerprint density at radius 3 is 2.44 bits per heavy atom. The van der Waals surface area contributed by atoms with Gasteiger partial charge in [0.25, 0.3) is 10.2 Å². The third kappa shape index (κ3) is 4.43. The lowest BCUT2D eigenvalue weighted by Crippen LogP contribution is -2.67. The Labute approximate surface area is 183 Å². The predicted molar refractivity (Wildman–Crippen MR) is 111 cm³/mol. The van der Waals surface area contributed by atoms with Gasteiger partial charge in [-0.15, -0.1) is 0 Å². The van der Waals surface area contributed by atoms with Crippen LogP contribution in [0.15, 0.2) is 36.5 Å². The molecule has 1 aliphatic heterocycles. The fourth-order valence-electron chi connectivity index (χ4n) is 3.70. The van der Waals surface area contributed by atoms with E-state index >= 15 is 0 Å². The topological polar surface area (TPSA) is 115 Å². The van der Waals surface area contributed by atoms with Crippen molar-refractivity contribution in [3.05, 3.63) is 53.3 Å². The van der Waals surface area contributed by atoms with Crippen LogP contribution in [-0.4, -0.2) is 43.8 Å². The van der Waals surface area contributed by atoms with E-state index < -0.39 is 33.4 Å². The largest absolute Gasteiger partial charge is 0.494 e. The van der Waals surface area contributed by atoms with Gasteiger partial charge in [-0.25, -0.2) is 10.1 Å². The summed E-state index contributed by atoms with van der Waals surface area (Å²) < 4.78 is 68.5. The summed E-state index contributed by atoms with van der Waals surface area (Å²) in [6.07, 6.45) is -3.82. The number of alkyl halides is 3. The lowest BCUT2D eigenvalue weighted by atomic mass is 9.71. The van der Waals surface area contributed by atoms with Gasteiger partial charge < -0.3 is 10.1 Å². The van der Waals surface area contributed by atoms with Crippen molar-refractivity contribution in [1.82, 2.24) is 9.29 Å². The van der Waals surface area contributed by atoms with Gasteiger partial charge in [-0.2, -0.15) is 25.9 Å². The van der Waals surface area contributed by atoms with Gasteiger partial charge in [-0.3, -0.25) is 4.79 Å². The Morgan fingerprint density at radius 2 is 1.91 bits per heavy atom. The molecule has 0 unspecified atom stereocenters. The molecule has 0 saturated carbocycles. The van der Waals surface area contributed by atoms with Crippen molar-refractivity contribution in [2.75, 3.05) is 25.5 Å². The van der Waals surface area contributed by atoms with E-state index in [1.807, 2.05) is 26.0 Å². The van der Waals surface area contributed by atoms with Gasteiger partial charge in [0.15, 0.2) is 0 Å². The first-order valence-corrected chi connectivity index (χ1v) is 11.1. The van der Waals surface area contributed by atoms with Gasteiger partial charge in [0.1, 0.15) is 22.5 Å². The molecule has 0 aliphatic carbocycles. The second-order valence-electron chi connectivity index (χ2n) is 7.86. The van der Waals surface area contributed by atoms with Gasteiger partial charge in [0, 0.05) is 19.2 Å². The number of pyridine rings is 1. The quantitative estimate of drug-likeness (QED) is 0.671. The molecule has 32 heavy (non-hydrogen) atoms. The number of nitrogens with two attached hydrogens (primary N) is 1. The molecule has 12 heteroatoms. The number of rotatable bonds is 6. The molecule has 0 atom stereocenters. The number of ether oxygens (including phenoxy) is 1. The molecule has 1 aromatic heterocycles. The van der Waals surface area contributed by atoms with Crippen molar-refractivity contribution in [2.24, 2.45) is 5.14 Å². The molecule has 3 rings (SSSR count). The average Bonchev–Trinajstić information content (AvgIpc) is 2.65. The van der Waals surface area contributed by atoms with Crippen molar-refractivity contribution in [1.29, 1.82) is 0 Å². The van der Waals surface area contributed by atoms with Crippen LogP contribution in [0, 0.1) is 0 Å². The number of halogens is 3. The minimum Gasteiger partial charge on any atom is -0.494 e. The molecule has 0 spiro atoms. The monoisotopic (exact) mass is 472 g/mol. The van der Waals surface area contributed by atoms with Crippen LogP contribution in [0.1, 0.15) is 36.6 Å². The standard InChI is InChI=1S/C20H23F3N4O4S/c1-12(2)13-6-4-5-7-14(13)19(10-27(11-19)32(24,29)30)18(28)26-15-9-25-17(20(21,22)23)8-16(15)31-3/h4-9,12H,10-11H2,1-3H3,(H,26,28)(H2,24,29,30). The van der Waals surface area contributed by atoms with Crippen LogP contribution >= 0.6 is 0 Å². The Morgan fingerprint density at radius 1 is 1.28 bits per heavy atom. The predicted octanol–water partition coefficient (Wildman–Crippen LogP) is 2.63. The summed E-state index contributed by atoms with van der Waals surface area (Å²) in [5, 5.41) is 7.79. The zero-order valence-corrected chi connectivity index (χ0v) is 18.4. The summed E-state index contributed by atoms with van der Waals surface area (Å²) in [5.41, 5.74) is -1.07. The van der Waals surface area contributed by atoms with E-state index in [9.17, 15) is 26.4 Å². The minimum atomic E-state index is -4.68. The number of anilines is 1. The first-order valence-electron chi connectivity index (χ1n) is 9.59. The second kappa shape index (κ2) is 8.34. The molecule has 1 fully saturated rings. The molecule has 1 saturated heterocycles. The molecule has 3 N–H and O–H groups in total. The van der Waals surface area contributed by atoms with E-state index in [0.717, 1.165) is 16.1 Å². The SMILES string of the molecule is COc1cc(C(F)(F)F)ncc1NC(=O)C1(c2ccccc2C(C)C)CN(S(N)(=O)=O)C1. The lowest BCUT2D eigenvalue weighted by Gasteiger charge is -2.48. The summed E-state index contributed by atoms with van der Waals surface area (Å²) >= 11 is 0. The van der Waals surface area contributed by atoms with Crippen LogP contribution in [0.2, 0.25) is 0 Å². The van der Waals surface area contributed by atoms with E-state index in [1.165, 1.54) is 7.11 Å². The van der Waals surface area contributed by atoms with Crippen molar-refractivity contribution >= 4 is 21.8 Å². The van der Waals surface area contributed by atoms with E-state index in [-0.39, 0.29) is 30.4 Å². The normalized spacial score (nSPS) is 16.5. The molecule has 0 bridgehead atoms. The summed E-state index contributed by atoms with van der Waals surface area (Å²) in [7, 11) is -2.86. The first-order chi connectivity index (χ1) is 14.8. The van der Waals surface area contributed by atoms with E-state index in [4.69, 9.17) is 9.88 Å². The van der Waals surface area contributed by atoms with Gasteiger partial charge in [0.05, 0.1) is 13.3 Å². The number of aromatic nitrogens is 1. The van der Waals surface area contributed by atoms with Crippen molar-refractivity contribution in [3.63, 3.8) is 0 Å². The molecule has 8 nitrogen and oxygen atoms in total. The number of nitrogens with zero attached hydrogens (tertiary/aromatic N) is 2. The summed E-state index contributed by atoms with van der Waals surface area (Å²) in [6.45, 7) is 3.45. The van der Waals surface area contributed by atoms with Gasteiger partial charge >= 0.3 is 6.18 Å². The minimum absolute atomic E-state index is 0.0293. The summed E-state index contributed by atoms with van der Waals surface area (Å²) in [6, 6.07) is 7.80. The van der Waals surface area contributed by atoms with Crippen LogP contribution in [0.4, 0.5) is 18.9 Å². The molecule has 2 heterocycles. The zero-order chi connectivity index (χ0) is 23.9. The maximum Gasteiger partial charge on any atom is 0.433 e. The number of methoxy groups -OCH3 is 1. The Balaban J connectivity index is 2.02. The molecular weight excluding hydrogens is 449 g/mol. The Bertz CT molecular complexity index is 1130. The molecule has 0 radical (unpaired) electrons. The number of benzene rings is 1. The van der Waals surface area contributed by atoms with Gasteiger partial charge in [-0.1, -0.05) is 38.1 Å². The number of hydrogen-bond acceptors (Lipinski definition) is 5. The molecule has 1 amide bonds. The van der Waals surface area contributed by atoms with Gasteiger partial charge in [-0.05, 0) is 17.0 Å². The van der Waals surface area contributed by atoms with Crippen LogP contribution in [0.25, 0.3) is 0 Å². The average molecular weight is 472 g/mol. The third-order valence-corrected chi connectivity index (χ3v) is 6.39. The lowest BCUT2D eigenvalue weighted by molar-refractivity contribution is -0.141. The van der Waals surface area contributed by atoms with Crippen LogP contribution < -0.4 is 15.2 Å². The Kier molecular flexibility index (Phi) is 6.24. The maximum absolute atomic E-state index is 13.4. The number of carbonyl (C=O) groups excluding carboxylic acids is 1. The van der Waals surface area contributed by atoms with Crippen LogP contribution in [0.5, 0.6) is 5.75 Å². The second-order valence-corrected chi connectivity index (χ2v) is 9.41. The van der Waals surface area contributed by atoms with Crippen molar-refractivity contribution < 1.29 is 31.1 Å². The molecular formula is C20H23F3N4O4S. The first kappa shape index (κ1) is 24.0. The van der Waals surface area contributed by atoms with Gasteiger partial charge in [0.2, 0.25) is 5.91 Å². The molecule has 1 aromatic carbocycles. The fraction of sp³-hybridized carbons (Fsp3) is 0.400. The summed E-state index contributed by atoms with van der Waals surface area (Å²) in [4.78, 5) is 16.8. The highest BCUT2D eigenvalue weighted by Crippen LogP contribution is 2.41. The van der Waals surface area contributed by atoms with E-state index in [0.29, 0.717) is 11.6 Å². The molecule has 174 valence electrons. The van der Waals surface area contributed by atoms with Crippen molar-refractivity contribution in [2.45, 2.75) is 31.4 Å². The molecule has 2 aromatic rings. The number of nitrogens with one attached hydrogen (secondary N) is 1. The van der Waals surface area contributed by atoms with Crippen molar-refractivity contribution in [3.8, 4) is 5.75 Å². The van der Waals surface area contributed by atoms with E-state index in [2.05, 4.69) is 10.3 Å². The van der Waals surface area contributed by atoms with Crippen LogP contribution in [0.3, 0.4) is 0 Å². The third-order valence-electron chi connectivity index (χ3n) is 5.41. The highest BCUT2D eigenvalue weighted by atomic mass is 32.2. The van der Waals surface area contributed by atoms with E-state index in [1.54, 1.807) is 12.1 Å². The number of hydrogen-bond donors (Lipinski definition) is 2. The fourth-order valence-corrected chi connectivity index (χ4v) is 4.51. The highest BCUT2D eigenvalue weighted by Gasteiger charge is 2.55. The number of carbonyl (C=O) groups is 1. The highest BCUT2D eigenvalue weighted by molar-refractivity contribution is 7.86. The maximum atomic E-state index is 13.4. The Hall–Kier alpha value is -2.70. The zero-order valence-electron chi connectivity index (χ0n) is 17.6. The summed E-state index contributed by atoms with van der Waals surface area (Å²) in [5.74, 6) is -0.803. The smallest absolute Gasteiger partial charge is 0.433 e.